The van der Waals surface area contributed by atoms with Gasteiger partial charge in [0.05, 0.1) is 17.1 Å². The van der Waals surface area contributed by atoms with Crippen LogP contribution >= 0.6 is 23.8 Å². The molecule has 2 unspecified atom stereocenters. The molecule has 0 radical (unpaired) electrons. The van der Waals surface area contributed by atoms with Gasteiger partial charge in [0, 0.05) is 17.6 Å². The highest BCUT2D eigenvalue weighted by Crippen LogP contribution is 2.37. The van der Waals surface area contributed by atoms with Gasteiger partial charge < -0.3 is 9.55 Å². The van der Waals surface area contributed by atoms with Crippen LogP contribution in [-0.4, -0.2) is 33.6 Å². The summed E-state index contributed by atoms with van der Waals surface area (Å²) in [6.07, 6.45) is 5.19. The van der Waals surface area contributed by atoms with E-state index in [1.54, 1.807) is 0 Å². The van der Waals surface area contributed by atoms with E-state index < -0.39 is 0 Å². The Morgan fingerprint density at radius 2 is 2.05 bits per heavy atom. The number of aromatic amines is 1. The highest BCUT2D eigenvalue weighted by atomic mass is 35.5. The van der Waals surface area contributed by atoms with Crippen LogP contribution in [0.2, 0.25) is 5.02 Å². The van der Waals surface area contributed by atoms with E-state index in [1.807, 2.05) is 12.1 Å². The lowest BCUT2D eigenvalue weighted by atomic mass is 9.99. The van der Waals surface area contributed by atoms with Crippen molar-refractivity contribution >= 4 is 34.9 Å². The van der Waals surface area contributed by atoms with Crippen LogP contribution in [0, 0.1) is 4.77 Å². The fourth-order valence-electron chi connectivity index (χ4n) is 3.95. The maximum Gasteiger partial charge on any atom is 0.178 e. The Balaban J connectivity index is 1.82. The molecule has 4 rings (SSSR count). The number of hydrogen-bond acceptors (Lipinski definition) is 2. The molecule has 2 fully saturated rings. The zero-order valence-corrected chi connectivity index (χ0v) is 12.9. The third-order valence-electron chi connectivity index (χ3n) is 4.83. The van der Waals surface area contributed by atoms with Crippen molar-refractivity contribution in [3.63, 3.8) is 0 Å². The fourth-order valence-corrected chi connectivity index (χ4v) is 4.47. The summed E-state index contributed by atoms with van der Waals surface area (Å²) in [6.45, 7) is 2.46. The Labute approximate surface area is 128 Å². The van der Waals surface area contributed by atoms with Gasteiger partial charge in [-0.15, -0.1) is 0 Å². The van der Waals surface area contributed by atoms with Crippen LogP contribution in [0.5, 0.6) is 0 Å². The van der Waals surface area contributed by atoms with Gasteiger partial charge in [0.15, 0.2) is 4.77 Å². The molecule has 2 saturated heterocycles. The molecule has 3 heterocycles. The van der Waals surface area contributed by atoms with E-state index in [0.29, 0.717) is 12.1 Å². The maximum absolute atomic E-state index is 6.08. The summed E-state index contributed by atoms with van der Waals surface area (Å²) < 4.78 is 3.16. The van der Waals surface area contributed by atoms with Gasteiger partial charge in [-0.05, 0) is 56.2 Å². The second-order valence-electron chi connectivity index (χ2n) is 5.92. The van der Waals surface area contributed by atoms with Crippen molar-refractivity contribution in [3.8, 4) is 0 Å². The lowest BCUT2D eigenvalue weighted by Gasteiger charge is -2.32. The number of halogens is 1. The number of imidazole rings is 1. The van der Waals surface area contributed by atoms with E-state index >= 15 is 0 Å². The average molecular weight is 308 g/mol. The van der Waals surface area contributed by atoms with Gasteiger partial charge in [0.2, 0.25) is 0 Å². The van der Waals surface area contributed by atoms with Crippen LogP contribution in [0.25, 0.3) is 11.0 Å². The summed E-state index contributed by atoms with van der Waals surface area (Å²) >= 11 is 11.7. The summed E-state index contributed by atoms with van der Waals surface area (Å²) in [5.41, 5.74) is 2.24. The highest BCUT2D eigenvalue weighted by molar-refractivity contribution is 7.71. The van der Waals surface area contributed by atoms with Crippen molar-refractivity contribution in [2.24, 2.45) is 0 Å². The third-order valence-corrected chi connectivity index (χ3v) is 5.36. The minimum Gasteiger partial charge on any atom is -0.331 e. The molecule has 2 aliphatic heterocycles. The summed E-state index contributed by atoms with van der Waals surface area (Å²) in [6, 6.07) is 7.19. The van der Waals surface area contributed by atoms with Crippen molar-refractivity contribution in [1.82, 2.24) is 14.5 Å². The van der Waals surface area contributed by atoms with E-state index in [-0.39, 0.29) is 0 Å². The standard InChI is InChI=1S/C15H18ClN3S/c16-10-4-5-12-11(9-10)17-15(20)19(12)14-6-8-18-7-2-1-3-13(14)18/h4-5,9,13-14H,1-3,6-8H2,(H,17,20). The molecule has 1 aromatic carbocycles. The quantitative estimate of drug-likeness (QED) is 0.800. The fraction of sp³-hybridized carbons (Fsp3) is 0.533. The summed E-state index contributed by atoms with van der Waals surface area (Å²) in [7, 11) is 0. The van der Waals surface area contributed by atoms with Crippen molar-refractivity contribution in [2.75, 3.05) is 13.1 Å². The second kappa shape index (κ2) is 4.86. The number of piperidine rings is 1. The van der Waals surface area contributed by atoms with Gasteiger partial charge in [-0.3, -0.25) is 4.90 Å². The number of nitrogens with zero attached hydrogens (tertiary/aromatic N) is 2. The summed E-state index contributed by atoms with van der Waals surface area (Å²) in [5.74, 6) is 0. The van der Waals surface area contributed by atoms with Crippen LogP contribution in [-0.2, 0) is 0 Å². The second-order valence-corrected chi connectivity index (χ2v) is 6.74. The Hall–Kier alpha value is -0.840. The van der Waals surface area contributed by atoms with E-state index in [2.05, 4.69) is 20.5 Å². The first-order valence-corrected chi connectivity index (χ1v) is 8.16. The number of fused-ring (bicyclic) bond motifs is 2. The largest absolute Gasteiger partial charge is 0.331 e. The first kappa shape index (κ1) is 12.9. The van der Waals surface area contributed by atoms with E-state index in [1.165, 1.54) is 44.3 Å². The zero-order valence-electron chi connectivity index (χ0n) is 11.3. The molecule has 0 amide bonds. The van der Waals surface area contributed by atoms with Crippen LogP contribution in [0.1, 0.15) is 31.7 Å². The minimum absolute atomic E-state index is 0.512. The first-order chi connectivity index (χ1) is 9.74. The molecular weight excluding hydrogens is 290 g/mol. The van der Waals surface area contributed by atoms with E-state index in [0.717, 1.165) is 15.3 Å². The predicted octanol–water partition coefficient (Wildman–Crippen LogP) is 4.15. The number of nitrogens with one attached hydrogen (secondary N) is 1. The Morgan fingerprint density at radius 1 is 1.15 bits per heavy atom. The van der Waals surface area contributed by atoms with E-state index in [4.69, 9.17) is 23.8 Å². The molecule has 1 aromatic heterocycles. The number of H-pyrrole nitrogens is 1. The SMILES string of the molecule is S=c1[nH]c2cc(Cl)ccc2n1C1CCN2CCCCC12. The van der Waals surface area contributed by atoms with E-state index in [9.17, 15) is 0 Å². The number of aromatic nitrogens is 2. The lowest BCUT2D eigenvalue weighted by molar-refractivity contribution is 0.174. The van der Waals surface area contributed by atoms with Gasteiger partial charge in [0.25, 0.3) is 0 Å². The van der Waals surface area contributed by atoms with Gasteiger partial charge in [-0.2, -0.15) is 0 Å². The van der Waals surface area contributed by atoms with Crippen LogP contribution in [0.4, 0.5) is 0 Å². The van der Waals surface area contributed by atoms with Gasteiger partial charge in [0.1, 0.15) is 0 Å². The molecule has 2 aliphatic rings. The lowest BCUT2D eigenvalue weighted by Crippen LogP contribution is -2.37. The Kier molecular flexibility index (Phi) is 3.13. The molecule has 2 atom stereocenters. The molecule has 0 bridgehead atoms. The van der Waals surface area contributed by atoms with Gasteiger partial charge >= 0.3 is 0 Å². The smallest absolute Gasteiger partial charge is 0.178 e. The molecule has 0 aliphatic carbocycles. The first-order valence-electron chi connectivity index (χ1n) is 7.38. The maximum atomic E-state index is 6.08. The number of hydrogen-bond donors (Lipinski definition) is 1. The minimum atomic E-state index is 0.512. The van der Waals surface area contributed by atoms with Crippen LogP contribution in [0.3, 0.4) is 0 Å². The number of benzene rings is 1. The van der Waals surface area contributed by atoms with Crippen molar-refractivity contribution in [2.45, 2.75) is 37.8 Å². The van der Waals surface area contributed by atoms with Gasteiger partial charge in [-0.25, -0.2) is 0 Å². The molecule has 0 spiro atoms. The topological polar surface area (TPSA) is 24.0 Å². The summed E-state index contributed by atoms with van der Waals surface area (Å²) in [5, 5.41) is 0.756. The average Bonchev–Trinajstić information content (AvgIpc) is 2.98. The number of rotatable bonds is 1. The molecule has 3 nitrogen and oxygen atoms in total. The highest BCUT2D eigenvalue weighted by Gasteiger charge is 2.37. The molecule has 5 heteroatoms. The van der Waals surface area contributed by atoms with Crippen LogP contribution < -0.4 is 0 Å². The predicted molar refractivity (Wildman–Crippen MR) is 85.0 cm³/mol. The molecule has 20 heavy (non-hydrogen) atoms. The van der Waals surface area contributed by atoms with Crippen molar-refractivity contribution in [1.29, 1.82) is 0 Å². The summed E-state index contributed by atoms with van der Waals surface area (Å²) in [4.78, 5) is 5.96. The Morgan fingerprint density at radius 3 is 2.95 bits per heavy atom. The zero-order chi connectivity index (χ0) is 13.7. The normalized spacial score (nSPS) is 27.1. The molecule has 2 aromatic rings. The van der Waals surface area contributed by atoms with Crippen LogP contribution in [0.15, 0.2) is 18.2 Å². The Bertz CT molecular complexity index is 705. The van der Waals surface area contributed by atoms with Crippen molar-refractivity contribution < 1.29 is 0 Å². The monoisotopic (exact) mass is 307 g/mol. The molecule has 1 N–H and O–H groups in total. The van der Waals surface area contributed by atoms with Crippen molar-refractivity contribution in [3.05, 3.63) is 28.0 Å². The third kappa shape index (κ3) is 1.93. The molecular formula is C15H18ClN3S. The van der Waals surface area contributed by atoms with Gasteiger partial charge in [-0.1, -0.05) is 18.0 Å². The molecule has 0 saturated carbocycles. The molecule has 106 valence electrons.